The number of nitrogens with zero attached hydrogens (tertiary/aromatic N) is 1. The van der Waals surface area contributed by atoms with Gasteiger partial charge < -0.3 is 5.32 Å². The van der Waals surface area contributed by atoms with Crippen molar-refractivity contribution in [2.75, 3.05) is 5.32 Å². The third-order valence-corrected chi connectivity index (χ3v) is 4.73. The minimum absolute atomic E-state index is 0.190. The Morgan fingerprint density at radius 1 is 0.857 bits per heavy atom. The highest BCUT2D eigenvalue weighted by Gasteiger charge is 2.11. The number of rotatable bonds is 5. The molecule has 4 aromatic rings. The summed E-state index contributed by atoms with van der Waals surface area (Å²) in [5.74, 6) is -0.190. The first-order valence-electron chi connectivity index (χ1n) is 9.27. The molecule has 1 atom stereocenters. The third kappa shape index (κ3) is 3.86. The zero-order valence-corrected chi connectivity index (χ0v) is 15.6. The summed E-state index contributed by atoms with van der Waals surface area (Å²) in [6.45, 7) is 1.82. The maximum Gasteiger partial charge on any atom is 0.262 e. The van der Waals surface area contributed by atoms with Gasteiger partial charge in [-0.05, 0) is 40.6 Å². The first-order chi connectivity index (χ1) is 13.7. The highest BCUT2D eigenvalue weighted by Crippen LogP contribution is 2.19. The SMILES string of the molecule is C[C@H](Nc1ccc2ccccc2c1)C(=O)N/N=C\c1cccc2ccccc12. The molecular weight excluding hydrogens is 346 g/mol. The van der Waals surface area contributed by atoms with Crippen LogP contribution < -0.4 is 10.7 Å². The molecule has 1 amide bonds. The van der Waals surface area contributed by atoms with Crippen LogP contribution in [0.2, 0.25) is 0 Å². The molecule has 0 unspecified atom stereocenters. The molecule has 0 radical (unpaired) electrons. The zero-order chi connectivity index (χ0) is 19.3. The first kappa shape index (κ1) is 17.7. The van der Waals surface area contributed by atoms with Crippen LogP contribution in [0.1, 0.15) is 12.5 Å². The predicted octanol–water partition coefficient (Wildman–Crippen LogP) is 4.94. The Kier molecular flexibility index (Phi) is 5.02. The molecule has 0 aliphatic carbocycles. The average Bonchev–Trinajstić information content (AvgIpc) is 2.73. The van der Waals surface area contributed by atoms with E-state index in [1.165, 1.54) is 5.39 Å². The van der Waals surface area contributed by atoms with Gasteiger partial charge in [0.05, 0.1) is 6.21 Å². The van der Waals surface area contributed by atoms with Crippen LogP contribution in [-0.4, -0.2) is 18.2 Å². The summed E-state index contributed by atoms with van der Waals surface area (Å²) >= 11 is 0. The average molecular weight is 367 g/mol. The second-order valence-electron chi connectivity index (χ2n) is 6.73. The molecule has 138 valence electrons. The monoisotopic (exact) mass is 367 g/mol. The van der Waals surface area contributed by atoms with Gasteiger partial charge in [0.15, 0.2) is 0 Å². The van der Waals surface area contributed by atoms with Crippen molar-refractivity contribution in [2.24, 2.45) is 5.10 Å². The van der Waals surface area contributed by atoms with Crippen molar-refractivity contribution in [2.45, 2.75) is 13.0 Å². The quantitative estimate of drug-likeness (QED) is 0.388. The van der Waals surface area contributed by atoms with Crippen LogP contribution in [0.25, 0.3) is 21.5 Å². The highest BCUT2D eigenvalue weighted by molar-refractivity contribution is 6.00. The van der Waals surface area contributed by atoms with Crippen molar-refractivity contribution in [1.82, 2.24) is 5.43 Å². The van der Waals surface area contributed by atoms with Crippen LogP contribution in [-0.2, 0) is 4.79 Å². The Morgan fingerprint density at radius 3 is 2.43 bits per heavy atom. The van der Waals surface area contributed by atoms with Gasteiger partial charge in [0, 0.05) is 11.3 Å². The minimum Gasteiger partial charge on any atom is -0.374 e. The summed E-state index contributed by atoms with van der Waals surface area (Å²) in [7, 11) is 0. The number of carbonyl (C=O) groups excluding carboxylic acids is 1. The van der Waals surface area contributed by atoms with Crippen LogP contribution >= 0.6 is 0 Å². The number of benzene rings is 4. The lowest BCUT2D eigenvalue weighted by Gasteiger charge is -2.14. The van der Waals surface area contributed by atoms with Crippen molar-refractivity contribution in [3.05, 3.63) is 90.5 Å². The first-order valence-corrected chi connectivity index (χ1v) is 9.27. The molecule has 28 heavy (non-hydrogen) atoms. The fraction of sp³-hybridized carbons (Fsp3) is 0.0833. The Labute approximate surface area is 163 Å². The second kappa shape index (κ2) is 7.92. The maximum absolute atomic E-state index is 12.4. The summed E-state index contributed by atoms with van der Waals surface area (Å²) in [5, 5.41) is 11.9. The van der Waals surface area contributed by atoms with E-state index in [1.807, 2.05) is 67.6 Å². The Hall–Kier alpha value is -3.66. The Bertz CT molecular complexity index is 1160. The molecule has 4 rings (SSSR count). The van der Waals surface area contributed by atoms with E-state index in [4.69, 9.17) is 0 Å². The van der Waals surface area contributed by atoms with E-state index in [0.29, 0.717) is 0 Å². The second-order valence-corrected chi connectivity index (χ2v) is 6.73. The van der Waals surface area contributed by atoms with Crippen molar-refractivity contribution in [1.29, 1.82) is 0 Å². The van der Waals surface area contributed by atoms with E-state index in [-0.39, 0.29) is 5.91 Å². The molecule has 0 saturated carbocycles. The van der Waals surface area contributed by atoms with E-state index < -0.39 is 6.04 Å². The Balaban J connectivity index is 1.41. The summed E-state index contributed by atoms with van der Waals surface area (Å²) in [6, 6.07) is 27.9. The molecule has 0 saturated heterocycles. The number of hydrogen-bond donors (Lipinski definition) is 2. The third-order valence-electron chi connectivity index (χ3n) is 4.73. The Morgan fingerprint density at radius 2 is 1.57 bits per heavy atom. The van der Waals surface area contributed by atoms with Crippen LogP contribution in [0.15, 0.2) is 90.0 Å². The number of fused-ring (bicyclic) bond motifs is 2. The molecule has 0 aliphatic rings. The molecule has 2 N–H and O–H groups in total. The smallest absolute Gasteiger partial charge is 0.262 e. The summed E-state index contributed by atoms with van der Waals surface area (Å²) in [6.07, 6.45) is 1.68. The van der Waals surface area contributed by atoms with Gasteiger partial charge >= 0.3 is 0 Å². The van der Waals surface area contributed by atoms with Gasteiger partial charge in [0.2, 0.25) is 0 Å². The summed E-state index contributed by atoms with van der Waals surface area (Å²) < 4.78 is 0. The number of anilines is 1. The highest BCUT2D eigenvalue weighted by atomic mass is 16.2. The molecule has 0 aliphatic heterocycles. The standard InChI is InChI=1S/C24H21N3O/c1-17(26-22-14-13-18-7-2-3-9-20(18)15-22)24(28)27-25-16-21-11-6-10-19-8-4-5-12-23(19)21/h2-17,26H,1H3,(H,27,28)/b25-16-/t17-/m0/s1. The van der Waals surface area contributed by atoms with Crippen molar-refractivity contribution < 1.29 is 4.79 Å². The van der Waals surface area contributed by atoms with Gasteiger partial charge in [0.1, 0.15) is 6.04 Å². The normalized spacial score (nSPS) is 12.3. The zero-order valence-electron chi connectivity index (χ0n) is 15.6. The lowest BCUT2D eigenvalue weighted by atomic mass is 10.1. The number of amides is 1. The fourth-order valence-electron chi connectivity index (χ4n) is 3.22. The molecule has 0 fully saturated rings. The fourth-order valence-corrected chi connectivity index (χ4v) is 3.22. The molecule has 0 heterocycles. The van der Waals surface area contributed by atoms with Gasteiger partial charge in [-0.25, -0.2) is 5.43 Å². The number of hydrogen-bond acceptors (Lipinski definition) is 3. The van der Waals surface area contributed by atoms with E-state index >= 15 is 0 Å². The number of carbonyl (C=O) groups is 1. The van der Waals surface area contributed by atoms with Crippen LogP contribution in [0, 0.1) is 0 Å². The van der Waals surface area contributed by atoms with Gasteiger partial charge in [-0.15, -0.1) is 0 Å². The lowest BCUT2D eigenvalue weighted by Crippen LogP contribution is -2.34. The minimum atomic E-state index is -0.411. The van der Waals surface area contributed by atoms with Gasteiger partial charge in [-0.3, -0.25) is 4.79 Å². The largest absolute Gasteiger partial charge is 0.374 e. The van der Waals surface area contributed by atoms with E-state index in [1.54, 1.807) is 6.21 Å². The van der Waals surface area contributed by atoms with E-state index in [9.17, 15) is 4.79 Å². The predicted molar refractivity (Wildman–Crippen MR) is 117 cm³/mol. The number of hydrazone groups is 1. The molecule has 4 heteroatoms. The molecule has 0 bridgehead atoms. The topological polar surface area (TPSA) is 53.5 Å². The maximum atomic E-state index is 12.4. The molecule has 4 aromatic carbocycles. The van der Waals surface area contributed by atoms with Gasteiger partial charge in [0.25, 0.3) is 5.91 Å². The van der Waals surface area contributed by atoms with E-state index in [0.717, 1.165) is 27.4 Å². The van der Waals surface area contributed by atoms with Gasteiger partial charge in [-0.1, -0.05) is 72.8 Å². The van der Waals surface area contributed by atoms with Crippen molar-refractivity contribution >= 4 is 39.4 Å². The summed E-state index contributed by atoms with van der Waals surface area (Å²) in [5.41, 5.74) is 4.49. The van der Waals surface area contributed by atoms with Crippen LogP contribution in [0.5, 0.6) is 0 Å². The van der Waals surface area contributed by atoms with Crippen LogP contribution in [0.4, 0.5) is 5.69 Å². The summed E-state index contributed by atoms with van der Waals surface area (Å²) in [4.78, 5) is 12.4. The van der Waals surface area contributed by atoms with Gasteiger partial charge in [-0.2, -0.15) is 5.10 Å². The molecule has 0 aromatic heterocycles. The van der Waals surface area contributed by atoms with Crippen molar-refractivity contribution in [3.8, 4) is 0 Å². The lowest BCUT2D eigenvalue weighted by molar-refractivity contribution is -0.121. The van der Waals surface area contributed by atoms with Crippen LogP contribution in [0.3, 0.4) is 0 Å². The van der Waals surface area contributed by atoms with Crippen molar-refractivity contribution in [3.63, 3.8) is 0 Å². The molecule has 0 spiro atoms. The number of nitrogens with one attached hydrogen (secondary N) is 2. The molecule has 4 nitrogen and oxygen atoms in total. The molecular formula is C24H21N3O. The van der Waals surface area contributed by atoms with E-state index in [2.05, 4.69) is 40.1 Å².